The highest BCUT2D eigenvalue weighted by Gasteiger charge is 2.44. The highest BCUT2D eigenvalue weighted by molar-refractivity contribution is 5.94. The number of likely N-dealkylation sites (tertiary alicyclic amines) is 1. The summed E-state index contributed by atoms with van der Waals surface area (Å²) in [5, 5.41) is 6.10. The molecule has 2 aromatic carbocycles. The quantitative estimate of drug-likeness (QED) is 0.764. The number of nitrogens with zero attached hydrogens (tertiary/aromatic N) is 1. The highest BCUT2D eigenvalue weighted by atomic mass is 16.2. The van der Waals surface area contributed by atoms with Gasteiger partial charge in [-0.25, -0.2) is 0 Å². The summed E-state index contributed by atoms with van der Waals surface area (Å²) in [4.78, 5) is 27.5. The van der Waals surface area contributed by atoms with Gasteiger partial charge in [-0.3, -0.25) is 9.59 Å². The molecule has 2 amide bonds. The summed E-state index contributed by atoms with van der Waals surface area (Å²) in [6.45, 7) is 4.54. The normalized spacial score (nSPS) is 23.7. The molecule has 2 aromatic rings. The fourth-order valence-corrected chi connectivity index (χ4v) is 5.77. The average molecular weight is 432 g/mol. The Kier molecular flexibility index (Phi) is 6.01. The van der Waals surface area contributed by atoms with E-state index in [0.717, 1.165) is 57.4 Å². The molecule has 2 heterocycles. The van der Waals surface area contributed by atoms with Gasteiger partial charge in [0.15, 0.2) is 0 Å². The second-order valence-corrected chi connectivity index (χ2v) is 9.73. The number of carbonyl (C=O) groups excluding carboxylic acids is 2. The van der Waals surface area contributed by atoms with E-state index in [-0.39, 0.29) is 17.2 Å². The van der Waals surface area contributed by atoms with Crippen LogP contribution in [0.1, 0.15) is 58.6 Å². The third-order valence-corrected chi connectivity index (χ3v) is 7.81. The molecule has 5 nitrogen and oxygen atoms in total. The topological polar surface area (TPSA) is 61.4 Å². The van der Waals surface area contributed by atoms with Crippen LogP contribution in [0.2, 0.25) is 0 Å². The predicted octanol–water partition coefficient (Wildman–Crippen LogP) is 3.29. The van der Waals surface area contributed by atoms with Crippen molar-refractivity contribution < 1.29 is 9.59 Å². The van der Waals surface area contributed by atoms with E-state index in [1.165, 1.54) is 29.5 Å². The van der Waals surface area contributed by atoms with Crippen LogP contribution in [-0.4, -0.2) is 49.4 Å². The molecule has 0 saturated carbocycles. The number of benzene rings is 2. The molecule has 168 valence electrons. The van der Waals surface area contributed by atoms with Gasteiger partial charge in [0.2, 0.25) is 5.91 Å². The molecule has 32 heavy (non-hydrogen) atoms. The summed E-state index contributed by atoms with van der Waals surface area (Å²) < 4.78 is 0. The van der Waals surface area contributed by atoms with Crippen molar-refractivity contribution in [2.75, 3.05) is 32.7 Å². The van der Waals surface area contributed by atoms with Crippen molar-refractivity contribution in [3.05, 3.63) is 70.8 Å². The van der Waals surface area contributed by atoms with Crippen molar-refractivity contribution in [1.82, 2.24) is 15.5 Å². The maximum absolute atomic E-state index is 12.7. The molecule has 2 saturated heterocycles. The number of rotatable bonds is 5. The molecule has 1 atom stereocenters. The SMILES string of the molecule is O=C(NCCN1CCC(c2ccccc2)CC1)c1ccc2c(c1)CCC1(CCNC1=O)C2. The standard InChI is InChI=1S/C27H33N3O2/c31-25(28-14-17-30-15-9-21(10-16-30)20-4-2-1-3-5-20)23-6-7-24-19-27(11-8-22(24)18-23)12-13-29-26(27)32/h1-7,18,21H,8-17,19H2,(H,28,31)(H,29,32). The Morgan fingerprint density at radius 2 is 1.88 bits per heavy atom. The molecule has 0 bridgehead atoms. The van der Waals surface area contributed by atoms with Gasteiger partial charge in [0.1, 0.15) is 0 Å². The fourth-order valence-electron chi connectivity index (χ4n) is 5.77. The van der Waals surface area contributed by atoms with E-state index < -0.39 is 0 Å². The van der Waals surface area contributed by atoms with E-state index >= 15 is 0 Å². The largest absolute Gasteiger partial charge is 0.356 e. The number of piperidine rings is 1. The van der Waals surface area contributed by atoms with Crippen LogP contribution in [0.5, 0.6) is 0 Å². The van der Waals surface area contributed by atoms with E-state index in [1.807, 2.05) is 12.1 Å². The van der Waals surface area contributed by atoms with Crippen LogP contribution < -0.4 is 10.6 Å². The number of hydrogen-bond acceptors (Lipinski definition) is 3. The van der Waals surface area contributed by atoms with Crippen molar-refractivity contribution in [2.24, 2.45) is 5.41 Å². The molecule has 0 radical (unpaired) electrons. The average Bonchev–Trinajstić information content (AvgIpc) is 3.18. The minimum atomic E-state index is -0.218. The Balaban J connectivity index is 1.10. The Bertz CT molecular complexity index is 982. The zero-order valence-corrected chi connectivity index (χ0v) is 18.7. The molecule has 2 aliphatic heterocycles. The van der Waals surface area contributed by atoms with Crippen molar-refractivity contribution in [2.45, 2.75) is 44.4 Å². The molecule has 3 aliphatic rings. The summed E-state index contributed by atoms with van der Waals surface area (Å²) in [5.41, 5.74) is 4.42. The zero-order chi connectivity index (χ0) is 22.0. The van der Waals surface area contributed by atoms with Crippen LogP contribution in [0.15, 0.2) is 48.5 Å². The van der Waals surface area contributed by atoms with Gasteiger partial charge in [-0.15, -0.1) is 0 Å². The first-order chi connectivity index (χ1) is 15.6. The predicted molar refractivity (Wildman–Crippen MR) is 126 cm³/mol. The third kappa shape index (κ3) is 4.31. The minimum Gasteiger partial charge on any atom is -0.356 e. The summed E-state index contributed by atoms with van der Waals surface area (Å²) >= 11 is 0. The molecule has 2 N–H and O–H groups in total. The van der Waals surface area contributed by atoms with Gasteiger partial charge < -0.3 is 15.5 Å². The maximum Gasteiger partial charge on any atom is 0.251 e. The molecular formula is C27H33N3O2. The van der Waals surface area contributed by atoms with Gasteiger partial charge in [-0.1, -0.05) is 36.4 Å². The van der Waals surface area contributed by atoms with E-state index in [4.69, 9.17) is 0 Å². The van der Waals surface area contributed by atoms with Gasteiger partial charge in [-0.2, -0.15) is 0 Å². The Morgan fingerprint density at radius 3 is 2.62 bits per heavy atom. The van der Waals surface area contributed by atoms with E-state index in [1.54, 1.807) is 0 Å². The summed E-state index contributed by atoms with van der Waals surface area (Å²) in [7, 11) is 0. The molecule has 1 spiro atoms. The number of fused-ring (bicyclic) bond motifs is 1. The van der Waals surface area contributed by atoms with Crippen LogP contribution in [-0.2, 0) is 17.6 Å². The van der Waals surface area contributed by atoms with Crippen LogP contribution in [0.3, 0.4) is 0 Å². The van der Waals surface area contributed by atoms with E-state index in [2.05, 4.69) is 51.9 Å². The summed E-state index contributed by atoms with van der Waals surface area (Å²) in [5.74, 6) is 0.871. The molecule has 5 rings (SSSR count). The van der Waals surface area contributed by atoms with Crippen LogP contribution in [0.25, 0.3) is 0 Å². The molecule has 5 heteroatoms. The maximum atomic E-state index is 12.7. The number of hydrogen-bond donors (Lipinski definition) is 2. The lowest BCUT2D eigenvalue weighted by Gasteiger charge is -2.32. The molecular weight excluding hydrogens is 398 g/mol. The Morgan fingerprint density at radius 1 is 1.06 bits per heavy atom. The van der Waals surface area contributed by atoms with Gasteiger partial charge in [-0.05, 0) is 86.4 Å². The molecule has 1 unspecified atom stereocenters. The third-order valence-electron chi connectivity index (χ3n) is 7.81. The van der Waals surface area contributed by atoms with Crippen molar-refractivity contribution in [1.29, 1.82) is 0 Å². The lowest BCUT2D eigenvalue weighted by Crippen LogP contribution is -2.39. The van der Waals surface area contributed by atoms with Crippen LogP contribution in [0, 0.1) is 5.41 Å². The van der Waals surface area contributed by atoms with Crippen molar-refractivity contribution >= 4 is 11.8 Å². The Hall–Kier alpha value is -2.66. The summed E-state index contributed by atoms with van der Waals surface area (Å²) in [6.07, 6.45) is 5.85. The first-order valence-electron chi connectivity index (χ1n) is 12.1. The molecule has 1 aliphatic carbocycles. The second kappa shape index (κ2) is 9.07. The van der Waals surface area contributed by atoms with Crippen molar-refractivity contribution in [3.63, 3.8) is 0 Å². The smallest absolute Gasteiger partial charge is 0.251 e. The molecule has 2 fully saturated rings. The number of nitrogens with one attached hydrogen (secondary N) is 2. The monoisotopic (exact) mass is 431 g/mol. The highest BCUT2D eigenvalue weighted by Crippen LogP contribution is 2.41. The number of carbonyl (C=O) groups is 2. The van der Waals surface area contributed by atoms with Gasteiger partial charge in [0.25, 0.3) is 5.91 Å². The molecule has 0 aromatic heterocycles. The zero-order valence-electron chi connectivity index (χ0n) is 18.7. The lowest BCUT2D eigenvalue weighted by atomic mass is 9.70. The Labute approximate surface area is 190 Å². The van der Waals surface area contributed by atoms with Gasteiger partial charge in [0.05, 0.1) is 5.41 Å². The lowest BCUT2D eigenvalue weighted by molar-refractivity contribution is -0.128. The van der Waals surface area contributed by atoms with Crippen LogP contribution in [0.4, 0.5) is 0 Å². The van der Waals surface area contributed by atoms with Crippen LogP contribution >= 0.6 is 0 Å². The summed E-state index contributed by atoms with van der Waals surface area (Å²) in [6, 6.07) is 16.8. The first-order valence-corrected chi connectivity index (χ1v) is 12.1. The van der Waals surface area contributed by atoms with E-state index in [9.17, 15) is 9.59 Å². The van der Waals surface area contributed by atoms with Gasteiger partial charge in [0, 0.05) is 25.2 Å². The first kappa shape index (κ1) is 21.2. The minimum absolute atomic E-state index is 0.00543. The van der Waals surface area contributed by atoms with Crippen molar-refractivity contribution in [3.8, 4) is 0 Å². The second-order valence-electron chi connectivity index (χ2n) is 9.73. The number of aryl methyl sites for hydroxylation is 1. The fraction of sp³-hybridized carbons (Fsp3) is 0.481. The number of amides is 2. The van der Waals surface area contributed by atoms with Gasteiger partial charge >= 0.3 is 0 Å². The van der Waals surface area contributed by atoms with E-state index in [0.29, 0.717) is 12.5 Å².